The van der Waals surface area contributed by atoms with Crippen molar-refractivity contribution in [1.29, 1.82) is 0 Å². The molecule has 92 valence electrons. The first-order chi connectivity index (χ1) is 8.56. The summed E-state index contributed by atoms with van der Waals surface area (Å²) >= 11 is 3.12. The summed E-state index contributed by atoms with van der Waals surface area (Å²) in [5.41, 5.74) is 0.0152. The number of halogens is 1. The Morgan fingerprint density at radius 3 is 2.83 bits per heavy atom. The molecule has 18 heavy (non-hydrogen) atoms. The summed E-state index contributed by atoms with van der Waals surface area (Å²) in [6.45, 7) is 0. The number of rotatable bonds is 3. The minimum Gasteiger partial charge on any atom is -0.331 e. The Bertz CT molecular complexity index is 597. The Labute approximate surface area is 110 Å². The first-order valence-electron chi connectivity index (χ1n) is 4.82. The van der Waals surface area contributed by atoms with E-state index in [0.717, 1.165) is 0 Å². The van der Waals surface area contributed by atoms with Crippen LogP contribution < -0.4 is 5.32 Å². The Kier molecular flexibility index (Phi) is 3.38. The highest BCUT2D eigenvalue weighted by Crippen LogP contribution is 2.21. The number of aromatic nitrogens is 2. The molecule has 0 radical (unpaired) electrons. The SMILES string of the molecule is O=C(Nc1ncc[nH]1)c1cc(Br)cc([N+](=O)[O-])c1. The van der Waals surface area contributed by atoms with Crippen molar-refractivity contribution in [3.8, 4) is 0 Å². The molecule has 0 spiro atoms. The summed E-state index contributed by atoms with van der Waals surface area (Å²) in [5, 5.41) is 13.2. The van der Waals surface area contributed by atoms with Gasteiger partial charge in [0.15, 0.2) is 0 Å². The van der Waals surface area contributed by atoms with E-state index in [2.05, 4.69) is 31.2 Å². The number of hydrogen-bond donors (Lipinski definition) is 2. The van der Waals surface area contributed by atoms with Crippen molar-refractivity contribution >= 4 is 33.5 Å². The molecule has 8 heteroatoms. The maximum atomic E-state index is 11.8. The molecule has 0 saturated heterocycles. The van der Waals surface area contributed by atoms with Gasteiger partial charge in [0.05, 0.1) is 4.92 Å². The number of nitrogens with one attached hydrogen (secondary N) is 2. The smallest absolute Gasteiger partial charge is 0.271 e. The molecule has 1 amide bonds. The third-order valence-electron chi connectivity index (χ3n) is 2.09. The summed E-state index contributed by atoms with van der Waals surface area (Å²) in [4.78, 5) is 28.5. The van der Waals surface area contributed by atoms with Crippen molar-refractivity contribution < 1.29 is 9.72 Å². The number of carbonyl (C=O) groups excluding carboxylic acids is 1. The molecule has 0 bridgehead atoms. The van der Waals surface area contributed by atoms with Gasteiger partial charge in [-0.25, -0.2) is 4.98 Å². The third kappa shape index (κ3) is 2.72. The van der Waals surface area contributed by atoms with Crippen molar-refractivity contribution in [3.63, 3.8) is 0 Å². The van der Waals surface area contributed by atoms with Crippen LogP contribution in [0, 0.1) is 10.1 Å². The summed E-state index contributed by atoms with van der Waals surface area (Å²) in [6.07, 6.45) is 3.04. The molecule has 2 aromatic rings. The van der Waals surface area contributed by atoms with Crippen LogP contribution in [0.25, 0.3) is 0 Å². The standard InChI is InChI=1S/C10H7BrN4O3/c11-7-3-6(4-8(5-7)15(17)18)9(16)14-10-12-1-2-13-10/h1-5H,(H2,12,13,14,16). The zero-order valence-corrected chi connectivity index (χ0v) is 10.5. The number of benzene rings is 1. The van der Waals surface area contributed by atoms with E-state index >= 15 is 0 Å². The van der Waals surface area contributed by atoms with Crippen molar-refractivity contribution in [3.05, 3.63) is 50.7 Å². The summed E-state index contributed by atoms with van der Waals surface area (Å²) in [7, 11) is 0. The van der Waals surface area contributed by atoms with E-state index in [4.69, 9.17) is 0 Å². The molecule has 0 atom stereocenters. The molecule has 7 nitrogen and oxygen atoms in total. The minimum atomic E-state index is -0.561. The van der Waals surface area contributed by atoms with Gasteiger partial charge in [-0.2, -0.15) is 0 Å². The fourth-order valence-electron chi connectivity index (χ4n) is 1.32. The lowest BCUT2D eigenvalue weighted by atomic mass is 10.2. The Morgan fingerprint density at radius 1 is 1.44 bits per heavy atom. The second kappa shape index (κ2) is 4.96. The maximum absolute atomic E-state index is 11.8. The number of nitrogens with zero attached hydrogens (tertiary/aromatic N) is 2. The highest BCUT2D eigenvalue weighted by atomic mass is 79.9. The zero-order valence-electron chi connectivity index (χ0n) is 8.88. The second-order valence-corrected chi connectivity index (χ2v) is 4.26. The maximum Gasteiger partial charge on any atom is 0.271 e. The normalized spacial score (nSPS) is 10.1. The first-order valence-corrected chi connectivity index (χ1v) is 5.61. The van der Waals surface area contributed by atoms with Crippen LogP contribution in [-0.4, -0.2) is 20.8 Å². The fraction of sp³-hybridized carbons (Fsp3) is 0. The summed E-state index contributed by atoms with van der Waals surface area (Å²) in [5.74, 6) is -0.197. The summed E-state index contributed by atoms with van der Waals surface area (Å²) < 4.78 is 0.460. The Balaban J connectivity index is 2.27. The lowest BCUT2D eigenvalue weighted by Gasteiger charge is -2.02. The van der Waals surface area contributed by atoms with Crippen molar-refractivity contribution in [1.82, 2.24) is 9.97 Å². The molecule has 0 aliphatic rings. The van der Waals surface area contributed by atoms with Gasteiger partial charge in [-0.05, 0) is 6.07 Å². The highest BCUT2D eigenvalue weighted by Gasteiger charge is 2.14. The van der Waals surface area contributed by atoms with Gasteiger partial charge >= 0.3 is 0 Å². The van der Waals surface area contributed by atoms with E-state index in [-0.39, 0.29) is 17.2 Å². The van der Waals surface area contributed by atoms with Crippen molar-refractivity contribution in [2.45, 2.75) is 0 Å². The van der Waals surface area contributed by atoms with E-state index in [9.17, 15) is 14.9 Å². The van der Waals surface area contributed by atoms with Crippen LogP contribution in [0.1, 0.15) is 10.4 Å². The van der Waals surface area contributed by atoms with Gasteiger partial charge in [0.25, 0.3) is 11.6 Å². The van der Waals surface area contributed by atoms with Crippen LogP contribution in [-0.2, 0) is 0 Å². The molecule has 0 fully saturated rings. The fourth-order valence-corrected chi connectivity index (χ4v) is 1.81. The Morgan fingerprint density at radius 2 is 2.22 bits per heavy atom. The van der Waals surface area contributed by atoms with Crippen molar-refractivity contribution in [2.24, 2.45) is 0 Å². The van der Waals surface area contributed by atoms with E-state index in [0.29, 0.717) is 4.47 Å². The lowest BCUT2D eigenvalue weighted by Crippen LogP contribution is -2.13. The van der Waals surface area contributed by atoms with E-state index in [1.807, 2.05) is 0 Å². The number of amides is 1. The van der Waals surface area contributed by atoms with E-state index < -0.39 is 10.8 Å². The molecule has 2 rings (SSSR count). The van der Waals surface area contributed by atoms with Crippen LogP contribution in [0.4, 0.5) is 11.6 Å². The van der Waals surface area contributed by atoms with Crippen LogP contribution in [0.15, 0.2) is 35.1 Å². The topological polar surface area (TPSA) is 101 Å². The van der Waals surface area contributed by atoms with Crippen molar-refractivity contribution in [2.75, 3.05) is 5.32 Å². The average Bonchev–Trinajstić information content (AvgIpc) is 2.80. The van der Waals surface area contributed by atoms with Gasteiger partial charge in [0, 0.05) is 34.6 Å². The van der Waals surface area contributed by atoms with E-state index in [1.54, 1.807) is 6.20 Å². The first kappa shape index (κ1) is 12.2. The third-order valence-corrected chi connectivity index (χ3v) is 2.54. The Hall–Kier alpha value is -2.22. The highest BCUT2D eigenvalue weighted by molar-refractivity contribution is 9.10. The largest absolute Gasteiger partial charge is 0.331 e. The molecular formula is C10H7BrN4O3. The second-order valence-electron chi connectivity index (χ2n) is 3.35. The van der Waals surface area contributed by atoms with Gasteiger partial charge in [-0.15, -0.1) is 0 Å². The monoisotopic (exact) mass is 310 g/mol. The van der Waals surface area contributed by atoms with Gasteiger partial charge in [0.1, 0.15) is 0 Å². The number of nitro groups is 1. The molecular weight excluding hydrogens is 304 g/mol. The average molecular weight is 311 g/mol. The van der Waals surface area contributed by atoms with Crippen LogP contribution >= 0.6 is 15.9 Å². The number of imidazole rings is 1. The lowest BCUT2D eigenvalue weighted by molar-refractivity contribution is -0.384. The summed E-state index contributed by atoms with van der Waals surface area (Å²) in [6, 6.07) is 4.01. The number of H-pyrrole nitrogens is 1. The van der Waals surface area contributed by atoms with Gasteiger partial charge in [-0.1, -0.05) is 15.9 Å². The molecule has 0 saturated carbocycles. The molecule has 1 aromatic carbocycles. The van der Waals surface area contributed by atoms with Crippen LogP contribution in [0.3, 0.4) is 0 Å². The number of anilines is 1. The zero-order chi connectivity index (χ0) is 13.1. The van der Waals surface area contributed by atoms with Gasteiger partial charge in [0.2, 0.25) is 5.95 Å². The molecule has 0 aliphatic heterocycles. The number of aromatic amines is 1. The predicted molar refractivity (Wildman–Crippen MR) is 67.3 cm³/mol. The molecule has 1 aromatic heterocycles. The van der Waals surface area contributed by atoms with E-state index in [1.165, 1.54) is 24.4 Å². The minimum absolute atomic E-state index is 0.158. The molecule has 1 heterocycles. The quantitative estimate of drug-likeness (QED) is 0.671. The van der Waals surface area contributed by atoms with Gasteiger partial charge < -0.3 is 4.98 Å². The van der Waals surface area contributed by atoms with Crippen LogP contribution in [0.5, 0.6) is 0 Å². The molecule has 0 unspecified atom stereocenters. The number of nitro benzene ring substituents is 1. The van der Waals surface area contributed by atoms with Gasteiger partial charge in [-0.3, -0.25) is 20.2 Å². The molecule has 2 N–H and O–H groups in total. The number of non-ortho nitro benzene ring substituents is 1. The number of carbonyl (C=O) groups is 1. The predicted octanol–water partition coefficient (Wildman–Crippen LogP) is 2.33. The molecule has 0 aliphatic carbocycles. The number of hydrogen-bond acceptors (Lipinski definition) is 4. The van der Waals surface area contributed by atoms with Crippen LogP contribution in [0.2, 0.25) is 0 Å².